The monoisotopic (exact) mass is 347 g/mol. The van der Waals surface area contributed by atoms with E-state index in [9.17, 15) is 0 Å². The zero-order chi connectivity index (χ0) is 16.5. The van der Waals surface area contributed by atoms with Gasteiger partial charge in [-0.2, -0.15) is 4.98 Å². The summed E-state index contributed by atoms with van der Waals surface area (Å²) < 4.78 is 5.47. The number of aromatic nitrogens is 4. The van der Waals surface area contributed by atoms with Crippen molar-refractivity contribution in [2.24, 2.45) is 0 Å². The minimum Gasteiger partial charge on any atom is -0.378 e. The minimum absolute atomic E-state index is 0.590. The first-order valence-electron chi connectivity index (χ1n) is 8.20. The number of fused-ring (bicyclic) bond motifs is 1. The van der Waals surface area contributed by atoms with Crippen LogP contribution in [-0.4, -0.2) is 84.4 Å². The zero-order valence-electron chi connectivity index (χ0n) is 13.7. The van der Waals surface area contributed by atoms with E-state index in [0.29, 0.717) is 23.8 Å². The molecule has 2 aromatic heterocycles. The SMILES string of the molecule is CN1CCN(c2nc(N3CCOCC3)c3ncnc(S)c3n2)CC1. The van der Waals surface area contributed by atoms with Crippen LogP contribution in [0.4, 0.5) is 11.8 Å². The van der Waals surface area contributed by atoms with Crippen LogP contribution in [0.5, 0.6) is 0 Å². The lowest BCUT2D eigenvalue weighted by Gasteiger charge is -2.34. The Kier molecular flexibility index (Phi) is 4.38. The van der Waals surface area contributed by atoms with Gasteiger partial charge >= 0.3 is 0 Å². The fraction of sp³-hybridized carbons (Fsp3) is 0.600. The Morgan fingerprint density at radius 2 is 1.67 bits per heavy atom. The van der Waals surface area contributed by atoms with Crippen molar-refractivity contribution in [3.8, 4) is 0 Å². The van der Waals surface area contributed by atoms with Crippen LogP contribution in [0, 0.1) is 0 Å². The number of ether oxygens (including phenoxy) is 1. The number of thiol groups is 1. The van der Waals surface area contributed by atoms with Crippen LogP contribution < -0.4 is 9.80 Å². The van der Waals surface area contributed by atoms with Gasteiger partial charge in [-0.15, -0.1) is 12.6 Å². The lowest BCUT2D eigenvalue weighted by Crippen LogP contribution is -2.45. The van der Waals surface area contributed by atoms with Crippen molar-refractivity contribution in [2.45, 2.75) is 5.03 Å². The number of nitrogens with zero attached hydrogens (tertiary/aromatic N) is 7. The fourth-order valence-electron chi connectivity index (χ4n) is 3.05. The molecular weight excluding hydrogens is 326 g/mol. The van der Waals surface area contributed by atoms with E-state index in [-0.39, 0.29) is 0 Å². The van der Waals surface area contributed by atoms with E-state index in [4.69, 9.17) is 14.7 Å². The second-order valence-electron chi connectivity index (χ2n) is 6.13. The van der Waals surface area contributed by atoms with Crippen LogP contribution in [-0.2, 0) is 4.74 Å². The van der Waals surface area contributed by atoms with E-state index in [0.717, 1.165) is 56.6 Å². The largest absolute Gasteiger partial charge is 0.378 e. The molecule has 2 aliphatic heterocycles. The number of hydrogen-bond acceptors (Lipinski definition) is 9. The third-order valence-electron chi connectivity index (χ3n) is 4.53. The van der Waals surface area contributed by atoms with Gasteiger partial charge in [-0.3, -0.25) is 0 Å². The van der Waals surface area contributed by atoms with Gasteiger partial charge in [0.2, 0.25) is 5.95 Å². The Morgan fingerprint density at radius 1 is 0.917 bits per heavy atom. The Morgan fingerprint density at radius 3 is 2.42 bits per heavy atom. The smallest absolute Gasteiger partial charge is 0.228 e. The van der Waals surface area contributed by atoms with Crippen molar-refractivity contribution < 1.29 is 4.74 Å². The summed E-state index contributed by atoms with van der Waals surface area (Å²) in [7, 11) is 2.14. The lowest BCUT2D eigenvalue weighted by atomic mass is 10.3. The highest BCUT2D eigenvalue weighted by Crippen LogP contribution is 2.28. The summed E-state index contributed by atoms with van der Waals surface area (Å²) in [5.41, 5.74) is 1.47. The summed E-state index contributed by atoms with van der Waals surface area (Å²) in [5, 5.41) is 0.590. The van der Waals surface area contributed by atoms with E-state index in [1.807, 2.05) is 0 Å². The maximum Gasteiger partial charge on any atom is 0.228 e. The van der Waals surface area contributed by atoms with Gasteiger partial charge in [-0.25, -0.2) is 15.0 Å². The second-order valence-corrected chi connectivity index (χ2v) is 6.56. The summed E-state index contributed by atoms with van der Waals surface area (Å²) in [4.78, 5) is 24.9. The second kappa shape index (κ2) is 6.66. The van der Waals surface area contributed by atoms with Crippen molar-refractivity contribution in [3.05, 3.63) is 6.33 Å². The fourth-order valence-corrected chi connectivity index (χ4v) is 3.26. The Balaban J connectivity index is 1.78. The number of anilines is 2. The van der Waals surface area contributed by atoms with E-state index in [2.05, 4.69) is 44.3 Å². The number of likely N-dealkylation sites (N-methyl/N-ethyl adjacent to an activating group) is 1. The molecule has 2 saturated heterocycles. The first-order valence-corrected chi connectivity index (χ1v) is 8.65. The average Bonchev–Trinajstić information content (AvgIpc) is 2.63. The molecular formula is C15H21N7OS. The van der Waals surface area contributed by atoms with Gasteiger partial charge < -0.3 is 19.4 Å². The molecule has 8 nitrogen and oxygen atoms in total. The molecule has 2 aromatic rings. The minimum atomic E-state index is 0.590. The maximum absolute atomic E-state index is 5.47. The summed E-state index contributed by atoms with van der Waals surface area (Å²) in [6.45, 7) is 6.86. The number of piperazine rings is 1. The van der Waals surface area contributed by atoms with Crippen molar-refractivity contribution in [1.29, 1.82) is 0 Å². The lowest BCUT2D eigenvalue weighted by molar-refractivity contribution is 0.122. The molecule has 0 spiro atoms. The summed E-state index contributed by atoms with van der Waals surface area (Å²) >= 11 is 4.48. The van der Waals surface area contributed by atoms with Crippen LogP contribution in [0.15, 0.2) is 11.4 Å². The quantitative estimate of drug-likeness (QED) is 0.614. The summed E-state index contributed by atoms with van der Waals surface area (Å²) in [5.74, 6) is 1.59. The molecule has 0 radical (unpaired) electrons. The van der Waals surface area contributed by atoms with Crippen LogP contribution in [0.2, 0.25) is 0 Å². The van der Waals surface area contributed by atoms with Crippen LogP contribution in [0.25, 0.3) is 11.0 Å². The maximum atomic E-state index is 5.47. The predicted octanol–water partition coefficient (Wildman–Crippen LogP) is 0.297. The molecule has 0 saturated carbocycles. The zero-order valence-corrected chi connectivity index (χ0v) is 14.6. The van der Waals surface area contributed by atoms with Crippen molar-refractivity contribution >= 4 is 35.4 Å². The summed E-state index contributed by atoms with van der Waals surface area (Å²) in [6.07, 6.45) is 1.52. The number of rotatable bonds is 2. The van der Waals surface area contributed by atoms with E-state index >= 15 is 0 Å². The van der Waals surface area contributed by atoms with Crippen molar-refractivity contribution in [1.82, 2.24) is 24.8 Å². The molecule has 0 N–H and O–H groups in total. The molecule has 4 heterocycles. The number of morpholine rings is 1. The third-order valence-corrected chi connectivity index (χ3v) is 4.86. The Hall–Kier alpha value is -1.71. The highest BCUT2D eigenvalue weighted by atomic mass is 32.1. The molecule has 0 bridgehead atoms. The third kappa shape index (κ3) is 2.99. The van der Waals surface area contributed by atoms with Gasteiger partial charge in [0.1, 0.15) is 22.4 Å². The highest BCUT2D eigenvalue weighted by Gasteiger charge is 2.23. The molecule has 0 aliphatic carbocycles. The van der Waals surface area contributed by atoms with Gasteiger partial charge in [0.05, 0.1) is 13.2 Å². The number of hydrogen-bond donors (Lipinski definition) is 1. The first-order chi connectivity index (χ1) is 11.7. The molecule has 2 fully saturated rings. The molecule has 2 aliphatic rings. The van der Waals surface area contributed by atoms with Crippen LogP contribution >= 0.6 is 12.6 Å². The topological polar surface area (TPSA) is 70.5 Å². The van der Waals surface area contributed by atoms with Gasteiger partial charge in [0.25, 0.3) is 0 Å². The molecule has 128 valence electrons. The van der Waals surface area contributed by atoms with Crippen molar-refractivity contribution in [3.63, 3.8) is 0 Å². The Bertz CT molecular complexity index is 729. The Labute approximate surface area is 146 Å². The van der Waals surface area contributed by atoms with E-state index in [1.165, 1.54) is 6.33 Å². The van der Waals surface area contributed by atoms with Gasteiger partial charge in [-0.05, 0) is 7.05 Å². The first kappa shape index (κ1) is 15.8. The molecule has 24 heavy (non-hydrogen) atoms. The van der Waals surface area contributed by atoms with Crippen LogP contribution in [0.1, 0.15) is 0 Å². The molecule has 4 rings (SSSR count). The summed E-state index contributed by atoms with van der Waals surface area (Å²) in [6, 6.07) is 0. The molecule has 0 atom stereocenters. The van der Waals surface area contributed by atoms with Crippen LogP contribution in [0.3, 0.4) is 0 Å². The van der Waals surface area contributed by atoms with Gasteiger partial charge in [0.15, 0.2) is 5.82 Å². The highest BCUT2D eigenvalue weighted by molar-refractivity contribution is 7.80. The standard InChI is InChI=1S/C15H21N7OS/c1-20-2-4-22(5-3-20)15-18-12-11(16-10-17-14(12)24)13(19-15)21-6-8-23-9-7-21/h10H,2-9H2,1H3,(H,16,17,24). The van der Waals surface area contributed by atoms with Gasteiger partial charge in [0, 0.05) is 39.3 Å². The van der Waals surface area contributed by atoms with E-state index in [1.54, 1.807) is 0 Å². The molecule has 9 heteroatoms. The normalized spacial score (nSPS) is 19.9. The van der Waals surface area contributed by atoms with E-state index < -0.39 is 0 Å². The molecule has 0 aromatic carbocycles. The van der Waals surface area contributed by atoms with Gasteiger partial charge in [-0.1, -0.05) is 0 Å². The molecule has 0 amide bonds. The van der Waals surface area contributed by atoms with Crippen molar-refractivity contribution in [2.75, 3.05) is 69.3 Å². The predicted molar refractivity (Wildman–Crippen MR) is 95.1 cm³/mol. The average molecular weight is 347 g/mol. The molecule has 0 unspecified atom stereocenters.